The van der Waals surface area contributed by atoms with Crippen LogP contribution in [0.15, 0.2) is 0 Å². The van der Waals surface area contributed by atoms with Crippen molar-refractivity contribution in [2.45, 2.75) is 77.9 Å². The summed E-state index contributed by atoms with van der Waals surface area (Å²) < 4.78 is 0. The van der Waals surface area contributed by atoms with Gasteiger partial charge in [0.2, 0.25) is 5.91 Å². The standard InChI is InChI=1S/C16H33N3O/c1-12(2)8-9-13(3)18-16(20)11-19-14(4)6-5-7-15(19)10-17/h12-15H,5-11,17H2,1-4H3,(H,18,20). The van der Waals surface area contributed by atoms with Gasteiger partial charge in [0.05, 0.1) is 6.54 Å². The summed E-state index contributed by atoms with van der Waals surface area (Å²) in [5.74, 6) is 0.839. The summed E-state index contributed by atoms with van der Waals surface area (Å²) in [5.41, 5.74) is 5.84. The first-order valence-electron chi connectivity index (χ1n) is 8.19. The molecule has 20 heavy (non-hydrogen) atoms. The minimum absolute atomic E-state index is 0.147. The number of rotatable bonds is 7. The van der Waals surface area contributed by atoms with Gasteiger partial charge in [0.1, 0.15) is 0 Å². The number of likely N-dealkylation sites (tertiary alicyclic amines) is 1. The SMILES string of the molecule is CC(C)CCC(C)NC(=O)CN1C(C)CCCC1CN. The molecular weight excluding hydrogens is 250 g/mol. The summed E-state index contributed by atoms with van der Waals surface area (Å²) >= 11 is 0. The molecule has 0 spiro atoms. The third-order valence-electron chi connectivity index (χ3n) is 4.38. The Kier molecular flexibility index (Phi) is 7.52. The van der Waals surface area contributed by atoms with Gasteiger partial charge < -0.3 is 11.1 Å². The summed E-state index contributed by atoms with van der Waals surface area (Å²) in [6, 6.07) is 1.10. The molecule has 3 unspecified atom stereocenters. The summed E-state index contributed by atoms with van der Waals surface area (Å²) in [5, 5.41) is 3.13. The fourth-order valence-electron chi connectivity index (χ4n) is 3.02. The Morgan fingerprint density at radius 1 is 1.30 bits per heavy atom. The summed E-state index contributed by atoms with van der Waals surface area (Å²) in [6.07, 6.45) is 5.74. The van der Waals surface area contributed by atoms with Gasteiger partial charge in [0, 0.05) is 24.7 Å². The van der Waals surface area contributed by atoms with E-state index >= 15 is 0 Å². The van der Waals surface area contributed by atoms with Crippen LogP contribution in [0.1, 0.15) is 59.8 Å². The molecule has 0 bridgehead atoms. The molecule has 1 aliphatic rings. The van der Waals surface area contributed by atoms with Crippen LogP contribution in [0.5, 0.6) is 0 Å². The zero-order valence-electron chi connectivity index (χ0n) is 13.7. The van der Waals surface area contributed by atoms with Crippen molar-refractivity contribution in [3.8, 4) is 0 Å². The largest absolute Gasteiger partial charge is 0.353 e. The quantitative estimate of drug-likeness (QED) is 0.752. The van der Waals surface area contributed by atoms with Gasteiger partial charge in [-0.1, -0.05) is 20.3 Å². The van der Waals surface area contributed by atoms with E-state index in [4.69, 9.17) is 5.73 Å². The maximum absolute atomic E-state index is 12.2. The monoisotopic (exact) mass is 283 g/mol. The third-order valence-corrected chi connectivity index (χ3v) is 4.38. The van der Waals surface area contributed by atoms with Crippen molar-refractivity contribution in [1.82, 2.24) is 10.2 Å². The first-order valence-corrected chi connectivity index (χ1v) is 8.19. The molecule has 0 aliphatic carbocycles. The minimum atomic E-state index is 0.147. The second-order valence-electron chi connectivity index (χ2n) is 6.78. The van der Waals surface area contributed by atoms with E-state index in [1.165, 1.54) is 12.8 Å². The van der Waals surface area contributed by atoms with Gasteiger partial charge in [-0.2, -0.15) is 0 Å². The first kappa shape index (κ1) is 17.4. The Bertz CT molecular complexity index is 293. The van der Waals surface area contributed by atoms with Crippen LogP contribution in [0.4, 0.5) is 0 Å². The van der Waals surface area contributed by atoms with Crippen LogP contribution in [-0.4, -0.2) is 42.0 Å². The second-order valence-corrected chi connectivity index (χ2v) is 6.78. The van der Waals surface area contributed by atoms with Gasteiger partial charge in [-0.3, -0.25) is 9.69 Å². The predicted octanol–water partition coefficient (Wildman–Crippen LogP) is 2.13. The summed E-state index contributed by atoms with van der Waals surface area (Å²) in [6.45, 7) is 9.89. The fourth-order valence-corrected chi connectivity index (χ4v) is 3.02. The number of carbonyl (C=O) groups is 1. The Labute approximate surface area is 124 Å². The molecule has 1 amide bonds. The lowest BCUT2D eigenvalue weighted by Gasteiger charge is -2.39. The first-order chi connectivity index (χ1) is 9.43. The maximum atomic E-state index is 12.2. The smallest absolute Gasteiger partial charge is 0.234 e. The highest BCUT2D eigenvalue weighted by molar-refractivity contribution is 5.78. The van der Waals surface area contributed by atoms with Crippen molar-refractivity contribution < 1.29 is 4.79 Å². The topological polar surface area (TPSA) is 58.4 Å². The normalized spacial score (nSPS) is 25.7. The van der Waals surface area contributed by atoms with Crippen LogP contribution in [0.2, 0.25) is 0 Å². The fraction of sp³-hybridized carbons (Fsp3) is 0.938. The number of hydrogen-bond donors (Lipinski definition) is 2. The number of nitrogens with zero attached hydrogens (tertiary/aromatic N) is 1. The van der Waals surface area contributed by atoms with Gasteiger partial charge in [0.25, 0.3) is 0 Å². The molecule has 118 valence electrons. The van der Waals surface area contributed by atoms with E-state index in [1.807, 2.05) is 0 Å². The number of amides is 1. The van der Waals surface area contributed by atoms with E-state index < -0.39 is 0 Å². The molecule has 0 aromatic carbocycles. The van der Waals surface area contributed by atoms with Crippen molar-refractivity contribution in [3.63, 3.8) is 0 Å². The number of nitrogens with two attached hydrogens (primary N) is 1. The van der Waals surface area contributed by atoms with Crippen molar-refractivity contribution in [3.05, 3.63) is 0 Å². The van der Waals surface area contributed by atoms with Crippen molar-refractivity contribution >= 4 is 5.91 Å². The average molecular weight is 283 g/mol. The van der Waals surface area contributed by atoms with E-state index in [9.17, 15) is 4.79 Å². The Morgan fingerprint density at radius 3 is 2.60 bits per heavy atom. The molecule has 1 saturated heterocycles. The average Bonchev–Trinajstić information content (AvgIpc) is 2.38. The Balaban J connectivity index is 2.39. The van der Waals surface area contributed by atoms with Crippen LogP contribution in [0.25, 0.3) is 0 Å². The molecule has 3 N–H and O–H groups in total. The van der Waals surface area contributed by atoms with E-state index in [-0.39, 0.29) is 11.9 Å². The molecule has 1 aliphatic heterocycles. The number of carbonyl (C=O) groups excluding carboxylic acids is 1. The van der Waals surface area contributed by atoms with Gasteiger partial charge in [-0.15, -0.1) is 0 Å². The number of nitrogens with one attached hydrogen (secondary N) is 1. The number of piperidine rings is 1. The lowest BCUT2D eigenvalue weighted by Crippen LogP contribution is -2.53. The predicted molar refractivity (Wildman–Crippen MR) is 84.5 cm³/mol. The molecule has 0 saturated carbocycles. The van der Waals surface area contributed by atoms with Crippen LogP contribution in [0.3, 0.4) is 0 Å². The van der Waals surface area contributed by atoms with Gasteiger partial charge in [-0.05, 0) is 45.4 Å². The van der Waals surface area contributed by atoms with Crippen molar-refractivity contribution in [1.29, 1.82) is 0 Å². The van der Waals surface area contributed by atoms with Crippen LogP contribution >= 0.6 is 0 Å². The van der Waals surface area contributed by atoms with E-state index in [1.54, 1.807) is 0 Å². The lowest BCUT2D eigenvalue weighted by atomic mass is 9.96. The van der Waals surface area contributed by atoms with Crippen molar-refractivity contribution in [2.75, 3.05) is 13.1 Å². The van der Waals surface area contributed by atoms with Gasteiger partial charge in [-0.25, -0.2) is 0 Å². The molecule has 0 aromatic heterocycles. The van der Waals surface area contributed by atoms with Crippen LogP contribution in [0, 0.1) is 5.92 Å². The maximum Gasteiger partial charge on any atom is 0.234 e. The molecule has 3 atom stereocenters. The molecule has 1 heterocycles. The summed E-state index contributed by atoms with van der Waals surface area (Å²) in [4.78, 5) is 14.5. The van der Waals surface area contributed by atoms with E-state index in [2.05, 4.69) is 37.9 Å². The third kappa shape index (κ3) is 5.80. The highest BCUT2D eigenvalue weighted by atomic mass is 16.2. The second kappa shape index (κ2) is 8.63. The molecule has 1 rings (SSSR count). The molecule has 0 radical (unpaired) electrons. The lowest BCUT2D eigenvalue weighted by molar-refractivity contribution is -0.124. The zero-order chi connectivity index (χ0) is 15.1. The number of hydrogen-bond acceptors (Lipinski definition) is 3. The molecule has 4 nitrogen and oxygen atoms in total. The minimum Gasteiger partial charge on any atom is -0.353 e. The Hall–Kier alpha value is -0.610. The van der Waals surface area contributed by atoms with Crippen LogP contribution in [-0.2, 0) is 4.79 Å². The zero-order valence-corrected chi connectivity index (χ0v) is 13.7. The van der Waals surface area contributed by atoms with Crippen LogP contribution < -0.4 is 11.1 Å². The van der Waals surface area contributed by atoms with Crippen molar-refractivity contribution in [2.24, 2.45) is 11.7 Å². The summed E-state index contributed by atoms with van der Waals surface area (Å²) in [7, 11) is 0. The molecular formula is C16H33N3O. The van der Waals surface area contributed by atoms with Gasteiger partial charge in [0.15, 0.2) is 0 Å². The van der Waals surface area contributed by atoms with E-state index in [0.29, 0.717) is 31.1 Å². The van der Waals surface area contributed by atoms with Gasteiger partial charge >= 0.3 is 0 Å². The highest BCUT2D eigenvalue weighted by Crippen LogP contribution is 2.21. The highest BCUT2D eigenvalue weighted by Gasteiger charge is 2.28. The molecule has 4 heteroatoms. The molecule has 1 fully saturated rings. The van der Waals surface area contributed by atoms with E-state index in [0.717, 1.165) is 19.3 Å². The Morgan fingerprint density at radius 2 is 2.00 bits per heavy atom. The molecule has 0 aromatic rings.